The summed E-state index contributed by atoms with van der Waals surface area (Å²) in [7, 11) is 3.22. The average Bonchev–Trinajstić information content (AvgIpc) is 3.14. The van der Waals surface area contributed by atoms with E-state index in [0.29, 0.717) is 24.5 Å². The van der Waals surface area contributed by atoms with Gasteiger partial charge in [-0.2, -0.15) is 5.10 Å². The van der Waals surface area contributed by atoms with Gasteiger partial charge in [0.1, 0.15) is 17.2 Å². The molecule has 2 aromatic carbocycles. The van der Waals surface area contributed by atoms with Gasteiger partial charge in [0.25, 0.3) is 0 Å². The predicted octanol–water partition coefficient (Wildman–Crippen LogP) is 3.80. The van der Waals surface area contributed by atoms with Crippen LogP contribution < -0.4 is 14.2 Å². The van der Waals surface area contributed by atoms with Gasteiger partial charge in [0, 0.05) is 30.5 Å². The minimum atomic E-state index is -0.211. The second-order valence-electron chi connectivity index (χ2n) is 6.20. The molecule has 6 heteroatoms. The van der Waals surface area contributed by atoms with Gasteiger partial charge in [-0.25, -0.2) is 5.01 Å². The van der Waals surface area contributed by atoms with Crippen molar-refractivity contribution in [2.45, 2.75) is 26.3 Å². The van der Waals surface area contributed by atoms with Gasteiger partial charge in [-0.15, -0.1) is 0 Å². The Morgan fingerprint density at radius 1 is 1.15 bits per heavy atom. The second-order valence-corrected chi connectivity index (χ2v) is 6.20. The summed E-state index contributed by atoms with van der Waals surface area (Å²) in [6.45, 7) is 4.03. The molecule has 1 aliphatic heterocycles. The van der Waals surface area contributed by atoms with Crippen LogP contribution in [0, 0.1) is 0 Å². The number of hydrogen-bond donors (Lipinski definition) is 0. The van der Waals surface area contributed by atoms with E-state index in [1.165, 1.54) is 11.9 Å². The minimum absolute atomic E-state index is 0.115. The van der Waals surface area contributed by atoms with Gasteiger partial charge < -0.3 is 14.2 Å². The molecule has 27 heavy (non-hydrogen) atoms. The molecule has 0 bridgehead atoms. The lowest BCUT2D eigenvalue weighted by Gasteiger charge is -2.22. The van der Waals surface area contributed by atoms with Crippen LogP contribution in [0.2, 0.25) is 0 Å². The van der Waals surface area contributed by atoms with E-state index in [1.807, 2.05) is 49.4 Å². The number of ether oxygens (including phenoxy) is 3. The number of benzene rings is 2. The van der Waals surface area contributed by atoms with Gasteiger partial charge in [0.15, 0.2) is 0 Å². The molecule has 0 saturated heterocycles. The lowest BCUT2D eigenvalue weighted by molar-refractivity contribution is -0.130. The topological polar surface area (TPSA) is 60.4 Å². The molecule has 0 aliphatic carbocycles. The zero-order chi connectivity index (χ0) is 19.4. The summed E-state index contributed by atoms with van der Waals surface area (Å²) < 4.78 is 16.5. The summed E-state index contributed by atoms with van der Waals surface area (Å²) in [5.74, 6) is 2.02. The van der Waals surface area contributed by atoms with Crippen molar-refractivity contribution in [2.75, 3.05) is 20.8 Å². The molecule has 1 unspecified atom stereocenters. The molecule has 0 aromatic heterocycles. The van der Waals surface area contributed by atoms with E-state index < -0.39 is 0 Å². The SMILES string of the molecule is CCOc1ccccc1C1CC(c2cc(OC)cc(OC)c2)=NN1C(C)=O. The maximum atomic E-state index is 12.3. The first-order chi connectivity index (χ1) is 13.1. The largest absolute Gasteiger partial charge is 0.497 e. The fourth-order valence-corrected chi connectivity index (χ4v) is 3.23. The lowest BCUT2D eigenvalue weighted by Crippen LogP contribution is -2.24. The molecule has 0 radical (unpaired) electrons. The zero-order valence-corrected chi connectivity index (χ0v) is 16.1. The van der Waals surface area contributed by atoms with Crippen LogP contribution in [0.15, 0.2) is 47.6 Å². The minimum Gasteiger partial charge on any atom is -0.497 e. The summed E-state index contributed by atoms with van der Waals surface area (Å²) in [5, 5.41) is 6.13. The van der Waals surface area contributed by atoms with Crippen molar-refractivity contribution in [3.8, 4) is 17.2 Å². The molecule has 6 nitrogen and oxygen atoms in total. The number of carbonyl (C=O) groups is 1. The highest BCUT2D eigenvalue weighted by Crippen LogP contribution is 2.38. The van der Waals surface area contributed by atoms with Gasteiger partial charge in [0.2, 0.25) is 5.91 Å². The van der Waals surface area contributed by atoms with E-state index in [9.17, 15) is 4.79 Å². The monoisotopic (exact) mass is 368 g/mol. The summed E-state index contributed by atoms with van der Waals surface area (Å²) in [6, 6.07) is 13.2. The van der Waals surface area contributed by atoms with Gasteiger partial charge >= 0.3 is 0 Å². The third-order valence-corrected chi connectivity index (χ3v) is 4.50. The highest BCUT2D eigenvalue weighted by Gasteiger charge is 2.33. The fourth-order valence-electron chi connectivity index (χ4n) is 3.23. The standard InChI is InChI=1S/C21H24N2O4/c1-5-27-21-9-7-6-8-18(21)20-13-19(22-23(20)14(2)24)15-10-16(25-3)12-17(11-15)26-4/h6-12,20H,5,13H2,1-4H3. The first kappa shape index (κ1) is 18.8. The maximum absolute atomic E-state index is 12.3. The average molecular weight is 368 g/mol. The number of amides is 1. The normalized spacial score (nSPS) is 16.1. The fraction of sp³-hybridized carbons (Fsp3) is 0.333. The van der Waals surface area contributed by atoms with E-state index >= 15 is 0 Å². The summed E-state index contributed by atoms with van der Waals surface area (Å²) >= 11 is 0. The smallest absolute Gasteiger partial charge is 0.240 e. The Balaban J connectivity index is 2.00. The number of methoxy groups -OCH3 is 2. The van der Waals surface area contributed by atoms with Crippen molar-refractivity contribution in [3.63, 3.8) is 0 Å². The van der Waals surface area contributed by atoms with E-state index in [4.69, 9.17) is 14.2 Å². The Morgan fingerprint density at radius 2 is 1.81 bits per heavy atom. The van der Waals surface area contributed by atoms with Gasteiger partial charge in [0.05, 0.1) is 32.6 Å². The van der Waals surface area contributed by atoms with Crippen molar-refractivity contribution in [2.24, 2.45) is 5.10 Å². The van der Waals surface area contributed by atoms with E-state index in [-0.39, 0.29) is 11.9 Å². The molecule has 0 saturated carbocycles. The maximum Gasteiger partial charge on any atom is 0.240 e. The van der Waals surface area contributed by atoms with E-state index in [0.717, 1.165) is 22.6 Å². The molecule has 142 valence electrons. The van der Waals surface area contributed by atoms with Crippen LogP contribution in [0.4, 0.5) is 0 Å². The third-order valence-electron chi connectivity index (χ3n) is 4.50. The molecule has 1 aliphatic rings. The van der Waals surface area contributed by atoms with Gasteiger partial charge in [-0.1, -0.05) is 18.2 Å². The van der Waals surface area contributed by atoms with Gasteiger partial charge in [-0.05, 0) is 25.1 Å². The van der Waals surface area contributed by atoms with Crippen LogP contribution in [0.3, 0.4) is 0 Å². The number of hydrazone groups is 1. The Hall–Kier alpha value is -3.02. The van der Waals surface area contributed by atoms with E-state index in [1.54, 1.807) is 14.2 Å². The predicted molar refractivity (Wildman–Crippen MR) is 104 cm³/mol. The second kappa shape index (κ2) is 8.12. The van der Waals surface area contributed by atoms with Crippen molar-refractivity contribution in [1.82, 2.24) is 5.01 Å². The van der Waals surface area contributed by atoms with Crippen LogP contribution in [0.25, 0.3) is 0 Å². The Labute approximate surface area is 159 Å². The van der Waals surface area contributed by atoms with Crippen LogP contribution in [-0.4, -0.2) is 37.5 Å². The Kier molecular flexibility index (Phi) is 5.64. The van der Waals surface area contributed by atoms with Crippen molar-refractivity contribution >= 4 is 11.6 Å². The molecule has 0 spiro atoms. The molecule has 1 atom stereocenters. The number of para-hydroxylation sites is 1. The molecule has 2 aromatic rings. The summed E-state index contributed by atoms with van der Waals surface area (Å²) in [6.07, 6.45) is 0.583. The number of rotatable bonds is 6. The quantitative estimate of drug-likeness (QED) is 0.778. The Bertz CT molecular complexity index is 841. The van der Waals surface area contributed by atoms with Crippen LogP contribution in [0.1, 0.15) is 37.4 Å². The Morgan fingerprint density at radius 3 is 2.41 bits per heavy atom. The molecule has 1 heterocycles. The molecule has 0 N–H and O–H groups in total. The highest BCUT2D eigenvalue weighted by molar-refractivity contribution is 6.03. The van der Waals surface area contributed by atoms with Crippen molar-refractivity contribution in [1.29, 1.82) is 0 Å². The van der Waals surface area contributed by atoms with Crippen LogP contribution in [0.5, 0.6) is 17.2 Å². The first-order valence-electron chi connectivity index (χ1n) is 8.89. The molecule has 1 amide bonds. The highest BCUT2D eigenvalue weighted by atomic mass is 16.5. The molecular weight excluding hydrogens is 344 g/mol. The lowest BCUT2D eigenvalue weighted by atomic mass is 9.97. The molecular formula is C21H24N2O4. The zero-order valence-electron chi connectivity index (χ0n) is 16.1. The number of carbonyl (C=O) groups excluding carboxylic acids is 1. The summed E-state index contributed by atoms with van der Waals surface area (Å²) in [5.41, 5.74) is 2.62. The number of nitrogens with zero attached hydrogens (tertiary/aromatic N) is 2. The summed E-state index contributed by atoms with van der Waals surface area (Å²) in [4.78, 5) is 12.3. The van der Waals surface area contributed by atoms with Gasteiger partial charge in [-0.3, -0.25) is 4.79 Å². The molecule has 0 fully saturated rings. The van der Waals surface area contributed by atoms with Crippen LogP contribution in [-0.2, 0) is 4.79 Å². The van der Waals surface area contributed by atoms with Crippen LogP contribution >= 0.6 is 0 Å². The number of hydrogen-bond acceptors (Lipinski definition) is 5. The third kappa shape index (κ3) is 3.89. The molecule has 3 rings (SSSR count). The van der Waals surface area contributed by atoms with Crippen molar-refractivity contribution in [3.05, 3.63) is 53.6 Å². The van der Waals surface area contributed by atoms with E-state index in [2.05, 4.69) is 5.10 Å². The van der Waals surface area contributed by atoms with Crippen molar-refractivity contribution < 1.29 is 19.0 Å². The first-order valence-corrected chi connectivity index (χ1v) is 8.89.